The van der Waals surface area contributed by atoms with Crippen LogP contribution in [0.3, 0.4) is 0 Å². The summed E-state index contributed by atoms with van der Waals surface area (Å²) in [5, 5.41) is 7.61. The Kier molecular flexibility index (Phi) is 4.54. The number of urea groups is 1. The minimum Gasteiger partial charge on any atom is -0.308 e. The molecule has 1 aliphatic rings. The van der Waals surface area contributed by atoms with Crippen LogP contribution >= 0.6 is 11.3 Å². The lowest BCUT2D eigenvalue weighted by molar-refractivity contribution is 0.0636. The number of carbonyl (C=O) groups is 3. The number of anilines is 2. The van der Waals surface area contributed by atoms with Crippen LogP contribution in [-0.4, -0.2) is 34.3 Å². The van der Waals surface area contributed by atoms with Gasteiger partial charge in [0, 0.05) is 17.6 Å². The third-order valence-electron chi connectivity index (χ3n) is 3.62. The number of rotatable bonds is 4. The largest absolute Gasteiger partial charge is 0.325 e. The van der Waals surface area contributed by atoms with Crippen LogP contribution in [0, 0.1) is 12.8 Å². The monoisotopic (exact) mass is 358 g/mol. The van der Waals surface area contributed by atoms with Gasteiger partial charge in [-0.25, -0.2) is 9.78 Å². The predicted octanol–water partition coefficient (Wildman–Crippen LogP) is 3.35. The van der Waals surface area contributed by atoms with Gasteiger partial charge in [0.1, 0.15) is 0 Å². The summed E-state index contributed by atoms with van der Waals surface area (Å²) in [4.78, 5) is 42.2. The van der Waals surface area contributed by atoms with E-state index in [4.69, 9.17) is 0 Å². The van der Waals surface area contributed by atoms with Crippen LogP contribution in [0.15, 0.2) is 23.6 Å². The molecular weight excluding hydrogens is 340 g/mol. The highest BCUT2D eigenvalue weighted by atomic mass is 32.1. The maximum Gasteiger partial charge on any atom is 0.325 e. The lowest BCUT2D eigenvalue weighted by atomic mass is 10.1. The highest BCUT2D eigenvalue weighted by Gasteiger charge is 2.35. The molecule has 1 aliphatic heterocycles. The second kappa shape index (κ2) is 6.64. The molecule has 4 amide bonds. The average molecular weight is 358 g/mol. The minimum atomic E-state index is -0.454. The summed E-state index contributed by atoms with van der Waals surface area (Å²) in [5.74, 6) is -0.427. The number of nitrogens with zero attached hydrogens (tertiary/aromatic N) is 2. The van der Waals surface area contributed by atoms with E-state index in [1.165, 1.54) is 22.3 Å². The summed E-state index contributed by atoms with van der Waals surface area (Å²) < 4.78 is 0. The maximum absolute atomic E-state index is 12.4. The zero-order valence-electron chi connectivity index (χ0n) is 14.1. The van der Waals surface area contributed by atoms with E-state index in [0.717, 1.165) is 5.69 Å². The Morgan fingerprint density at radius 3 is 2.56 bits per heavy atom. The predicted molar refractivity (Wildman–Crippen MR) is 96.1 cm³/mol. The number of nitrogens with one attached hydrogen (secondary N) is 2. The molecule has 2 heterocycles. The molecule has 7 nitrogen and oxygen atoms in total. The molecule has 0 saturated carbocycles. The van der Waals surface area contributed by atoms with Gasteiger partial charge < -0.3 is 5.32 Å². The van der Waals surface area contributed by atoms with E-state index < -0.39 is 6.03 Å². The molecule has 0 unspecified atom stereocenters. The van der Waals surface area contributed by atoms with Crippen molar-refractivity contribution in [3.05, 3.63) is 40.4 Å². The lowest BCUT2D eigenvalue weighted by Gasteiger charge is -2.15. The van der Waals surface area contributed by atoms with Gasteiger partial charge in [-0.05, 0) is 31.0 Å². The number of carbonyl (C=O) groups excluding carboxylic acids is 3. The van der Waals surface area contributed by atoms with E-state index in [2.05, 4.69) is 15.6 Å². The summed E-state index contributed by atoms with van der Waals surface area (Å²) in [6.45, 7) is 6.10. The SMILES string of the molecule is Cc1csc(NC(=O)Nc2ccc3c(c2)C(=O)N(CC(C)C)C3=O)n1. The molecule has 0 radical (unpaired) electrons. The molecule has 0 atom stereocenters. The van der Waals surface area contributed by atoms with Crippen molar-refractivity contribution in [2.24, 2.45) is 5.92 Å². The fraction of sp³-hybridized carbons (Fsp3) is 0.294. The quantitative estimate of drug-likeness (QED) is 0.820. The number of hydrogen-bond acceptors (Lipinski definition) is 5. The highest BCUT2D eigenvalue weighted by Crippen LogP contribution is 2.26. The van der Waals surface area contributed by atoms with Crippen LogP contribution in [0.2, 0.25) is 0 Å². The third-order valence-corrected chi connectivity index (χ3v) is 4.49. The lowest BCUT2D eigenvalue weighted by Crippen LogP contribution is -2.33. The Morgan fingerprint density at radius 2 is 1.92 bits per heavy atom. The zero-order chi connectivity index (χ0) is 18.1. The first-order valence-corrected chi connectivity index (χ1v) is 8.73. The van der Waals surface area contributed by atoms with Gasteiger partial charge in [0.25, 0.3) is 11.8 Å². The fourth-order valence-corrected chi connectivity index (χ4v) is 3.25. The van der Waals surface area contributed by atoms with Crippen molar-refractivity contribution in [3.8, 4) is 0 Å². The molecule has 1 aromatic carbocycles. The molecule has 0 spiro atoms. The number of aromatic nitrogens is 1. The number of benzene rings is 1. The van der Waals surface area contributed by atoms with Crippen LogP contribution in [0.5, 0.6) is 0 Å². The van der Waals surface area contributed by atoms with E-state index in [-0.39, 0.29) is 17.7 Å². The van der Waals surface area contributed by atoms with Crippen molar-refractivity contribution in [1.29, 1.82) is 0 Å². The Bertz CT molecular complexity index is 859. The minimum absolute atomic E-state index is 0.187. The van der Waals surface area contributed by atoms with Crippen LogP contribution in [0.25, 0.3) is 0 Å². The van der Waals surface area contributed by atoms with Crippen molar-refractivity contribution in [2.75, 3.05) is 17.2 Å². The summed E-state index contributed by atoms with van der Waals surface area (Å²) in [7, 11) is 0. The van der Waals surface area contributed by atoms with Gasteiger partial charge >= 0.3 is 6.03 Å². The first kappa shape index (κ1) is 17.1. The fourth-order valence-electron chi connectivity index (χ4n) is 2.57. The molecule has 0 fully saturated rings. The van der Waals surface area contributed by atoms with Gasteiger partial charge in [0.15, 0.2) is 5.13 Å². The van der Waals surface area contributed by atoms with Crippen LogP contribution < -0.4 is 10.6 Å². The Morgan fingerprint density at radius 1 is 1.20 bits per heavy atom. The molecule has 25 heavy (non-hydrogen) atoms. The highest BCUT2D eigenvalue weighted by molar-refractivity contribution is 7.13. The van der Waals surface area contributed by atoms with E-state index >= 15 is 0 Å². The molecule has 2 N–H and O–H groups in total. The van der Waals surface area contributed by atoms with E-state index in [9.17, 15) is 14.4 Å². The smallest absolute Gasteiger partial charge is 0.308 e. The molecule has 0 aliphatic carbocycles. The molecule has 130 valence electrons. The third kappa shape index (κ3) is 3.53. The van der Waals surface area contributed by atoms with Crippen molar-refractivity contribution in [2.45, 2.75) is 20.8 Å². The maximum atomic E-state index is 12.4. The molecule has 0 saturated heterocycles. The Hall–Kier alpha value is -2.74. The van der Waals surface area contributed by atoms with Crippen molar-refractivity contribution < 1.29 is 14.4 Å². The first-order chi connectivity index (χ1) is 11.8. The van der Waals surface area contributed by atoms with Crippen molar-refractivity contribution in [1.82, 2.24) is 9.88 Å². The zero-order valence-corrected chi connectivity index (χ0v) is 14.9. The van der Waals surface area contributed by atoms with Gasteiger partial charge in [-0.3, -0.25) is 19.8 Å². The van der Waals surface area contributed by atoms with Crippen molar-refractivity contribution in [3.63, 3.8) is 0 Å². The second-order valence-electron chi connectivity index (χ2n) is 6.25. The number of thiazole rings is 1. The Labute approximate surface area is 149 Å². The normalized spacial score (nSPS) is 13.4. The van der Waals surface area contributed by atoms with Gasteiger partial charge in [0.2, 0.25) is 0 Å². The second-order valence-corrected chi connectivity index (χ2v) is 7.11. The molecule has 1 aromatic heterocycles. The molecule has 8 heteroatoms. The first-order valence-electron chi connectivity index (χ1n) is 7.85. The standard InChI is InChI=1S/C17H18N4O3S/c1-9(2)7-21-14(22)12-5-4-11(6-13(12)15(21)23)19-16(24)20-17-18-10(3)8-25-17/h4-6,8-9H,7H2,1-3H3,(H2,18,19,20,24). The van der Waals surface area contributed by atoms with Crippen molar-refractivity contribution >= 4 is 40.0 Å². The molecular formula is C17H18N4O3S. The van der Waals surface area contributed by atoms with E-state index in [1.54, 1.807) is 12.1 Å². The van der Waals surface area contributed by atoms with Crippen LogP contribution in [-0.2, 0) is 0 Å². The summed E-state index contributed by atoms with van der Waals surface area (Å²) in [5.41, 5.74) is 1.95. The number of fused-ring (bicyclic) bond motifs is 1. The average Bonchev–Trinajstić information content (AvgIpc) is 3.04. The summed E-state index contributed by atoms with van der Waals surface area (Å²) in [6.07, 6.45) is 0. The van der Waals surface area contributed by atoms with E-state index in [1.807, 2.05) is 26.2 Å². The number of hydrogen-bond donors (Lipinski definition) is 2. The van der Waals surface area contributed by atoms with Gasteiger partial charge in [-0.1, -0.05) is 13.8 Å². The molecule has 2 aromatic rings. The number of aryl methyl sites for hydroxylation is 1. The van der Waals surface area contributed by atoms with Gasteiger partial charge in [-0.2, -0.15) is 0 Å². The van der Waals surface area contributed by atoms with Gasteiger partial charge in [-0.15, -0.1) is 11.3 Å². The topological polar surface area (TPSA) is 91.4 Å². The van der Waals surface area contributed by atoms with E-state index in [0.29, 0.717) is 28.5 Å². The van der Waals surface area contributed by atoms with Crippen LogP contribution in [0.4, 0.5) is 15.6 Å². The van der Waals surface area contributed by atoms with Crippen LogP contribution in [0.1, 0.15) is 40.3 Å². The Balaban J connectivity index is 1.74. The summed E-state index contributed by atoms with van der Waals surface area (Å²) in [6, 6.07) is 4.25. The summed E-state index contributed by atoms with van der Waals surface area (Å²) >= 11 is 1.33. The number of imide groups is 1. The van der Waals surface area contributed by atoms with Gasteiger partial charge in [0.05, 0.1) is 16.8 Å². The number of amides is 4. The molecule has 3 rings (SSSR count). The molecule has 0 bridgehead atoms.